The van der Waals surface area contributed by atoms with Gasteiger partial charge in [0.1, 0.15) is 5.82 Å². The van der Waals surface area contributed by atoms with Crippen molar-refractivity contribution in [1.82, 2.24) is 14.5 Å². The zero-order valence-corrected chi connectivity index (χ0v) is 17.7. The summed E-state index contributed by atoms with van der Waals surface area (Å²) in [5.41, 5.74) is 4.65. The Labute approximate surface area is 180 Å². The first-order chi connectivity index (χ1) is 14.8. The number of piperidine rings is 1. The minimum atomic E-state index is 0.242. The topological polar surface area (TPSA) is 38.1 Å². The molecule has 0 unspecified atom stereocenters. The summed E-state index contributed by atoms with van der Waals surface area (Å²) in [6.07, 6.45) is 3.28. The molecular formula is C25H25N3OS. The molecule has 2 aromatic carbocycles. The van der Waals surface area contributed by atoms with Gasteiger partial charge in [0.05, 0.1) is 17.5 Å². The van der Waals surface area contributed by atoms with Crippen molar-refractivity contribution < 1.29 is 4.79 Å². The smallest absolute Gasteiger partial charge is 0.227 e. The lowest BCUT2D eigenvalue weighted by atomic mass is 10.0. The zero-order chi connectivity index (χ0) is 20.3. The Morgan fingerprint density at radius 1 is 0.967 bits per heavy atom. The number of hydrogen-bond acceptors (Lipinski definition) is 3. The number of carbonyl (C=O) groups is 1. The number of hydrogen-bond donors (Lipinski definition) is 0. The van der Waals surface area contributed by atoms with Crippen molar-refractivity contribution in [3.8, 4) is 0 Å². The Bertz CT molecular complexity index is 1130. The summed E-state index contributed by atoms with van der Waals surface area (Å²) >= 11 is 1.65. The molecular weight excluding hydrogens is 390 g/mol. The van der Waals surface area contributed by atoms with Crippen molar-refractivity contribution in [2.24, 2.45) is 0 Å². The van der Waals surface area contributed by atoms with Crippen LogP contribution in [0.2, 0.25) is 0 Å². The number of fused-ring (bicyclic) bond motifs is 1. The summed E-state index contributed by atoms with van der Waals surface area (Å²) < 4.78 is 2.43. The van der Waals surface area contributed by atoms with E-state index in [9.17, 15) is 4.79 Å². The number of amides is 1. The predicted molar refractivity (Wildman–Crippen MR) is 122 cm³/mol. The molecule has 0 atom stereocenters. The predicted octanol–water partition coefficient (Wildman–Crippen LogP) is 5.09. The van der Waals surface area contributed by atoms with Crippen LogP contribution in [-0.4, -0.2) is 33.4 Å². The molecule has 0 N–H and O–H groups in total. The van der Waals surface area contributed by atoms with Gasteiger partial charge in [-0.1, -0.05) is 42.5 Å². The molecule has 4 nitrogen and oxygen atoms in total. The molecule has 1 aliphatic heterocycles. The van der Waals surface area contributed by atoms with Crippen LogP contribution in [0, 0.1) is 0 Å². The third-order valence-corrected chi connectivity index (χ3v) is 6.72. The molecule has 1 saturated heterocycles. The van der Waals surface area contributed by atoms with Gasteiger partial charge in [-0.15, -0.1) is 0 Å². The van der Waals surface area contributed by atoms with Gasteiger partial charge in [0.2, 0.25) is 5.91 Å². The monoisotopic (exact) mass is 415 g/mol. The van der Waals surface area contributed by atoms with E-state index in [4.69, 9.17) is 4.98 Å². The van der Waals surface area contributed by atoms with Crippen LogP contribution in [0.3, 0.4) is 0 Å². The molecule has 30 heavy (non-hydrogen) atoms. The third-order valence-electron chi connectivity index (χ3n) is 5.99. The number of carbonyl (C=O) groups excluding carboxylic acids is 1. The summed E-state index contributed by atoms with van der Waals surface area (Å²) in [7, 11) is 0. The van der Waals surface area contributed by atoms with E-state index >= 15 is 0 Å². The lowest BCUT2D eigenvalue weighted by Crippen LogP contribution is -2.40. The maximum atomic E-state index is 12.7. The zero-order valence-electron chi connectivity index (χ0n) is 16.9. The first-order valence-corrected chi connectivity index (χ1v) is 11.5. The van der Waals surface area contributed by atoms with E-state index in [1.54, 1.807) is 11.3 Å². The van der Waals surface area contributed by atoms with E-state index in [1.165, 1.54) is 11.1 Å². The van der Waals surface area contributed by atoms with Crippen molar-refractivity contribution >= 4 is 28.3 Å². The standard InChI is InChI=1S/C25H25N3OS/c29-25(17-20-12-15-30-18-20)27-13-10-21(11-14-27)28-23-9-5-4-8-22(23)26-24(28)16-19-6-2-1-3-7-19/h1-9,12,15,18,21H,10-11,13-14,16-17H2. The fourth-order valence-corrected chi connectivity index (χ4v) is 5.13. The number of nitrogens with zero attached hydrogens (tertiary/aromatic N) is 3. The highest BCUT2D eigenvalue weighted by Crippen LogP contribution is 2.30. The van der Waals surface area contributed by atoms with Crippen molar-refractivity contribution in [1.29, 1.82) is 0 Å². The van der Waals surface area contributed by atoms with Crippen LogP contribution in [0.25, 0.3) is 11.0 Å². The Hall–Kier alpha value is -2.92. The van der Waals surface area contributed by atoms with E-state index in [-0.39, 0.29) is 5.91 Å². The average molecular weight is 416 g/mol. The highest BCUT2D eigenvalue weighted by atomic mass is 32.1. The lowest BCUT2D eigenvalue weighted by Gasteiger charge is -2.33. The van der Waals surface area contributed by atoms with Gasteiger partial charge < -0.3 is 9.47 Å². The first kappa shape index (κ1) is 19.1. The van der Waals surface area contributed by atoms with Gasteiger partial charge in [-0.05, 0) is 52.9 Å². The Balaban J connectivity index is 1.36. The Morgan fingerprint density at radius 2 is 1.73 bits per heavy atom. The normalized spacial score (nSPS) is 15.0. The number of benzene rings is 2. The van der Waals surface area contributed by atoms with Gasteiger partial charge in [0, 0.05) is 25.6 Å². The highest BCUT2D eigenvalue weighted by Gasteiger charge is 2.26. The molecule has 0 aliphatic carbocycles. The number of para-hydroxylation sites is 2. The first-order valence-electron chi connectivity index (χ1n) is 10.6. The second-order valence-corrected chi connectivity index (χ2v) is 8.75. The summed E-state index contributed by atoms with van der Waals surface area (Å²) in [6, 6.07) is 21.4. The second kappa shape index (κ2) is 8.44. The summed E-state index contributed by atoms with van der Waals surface area (Å²) in [6.45, 7) is 1.62. The molecule has 1 amide bonds. The molecule has 1 fully saturated rings. The highest BCUT2D eigenvalue weighted by molar-refractivity contribution is 7.08. The van der Waals surface area contributed by atoms with Crippen LogP contribution in [0.1, 0.15) is 35.8 Å². The molecule has 3 heterocycles. The minimum Gasteiger partial charge on any atom is -0.342 e. The molecule has 0 radical (unpaired) electrons. The maximum Gasteiger partial charge on any atom is 0.227 e. The Kier molecular flexibility index (Phi) is 5.37. The minimum absolute atomic E-state index is 0.242. The molecule has 0 bridgehead atoms. The number of likely N-dealkylation sites (tertiary alicyclic amines) is 1. The van der Waals surface area contributed by atoms with Crippen LogP contribution < -0.4 is 0 Å². The number of aromatic nitrogens is 2. The molecule has 152 valence electrons. The molecule has 5 rings (SSSR count). The molecule has 0 spiro atoms. The number of rotatable bonds is 5. The largest absolute Gasteiger partial charge is 0.342 e. The molecule has 2 aromatic heterocycles. The van der Waals surface area contributed by atoms with Gasteiger partial charge in [-0.25, -0.2) is 4.98 Å². The summed E-state index contributed by atoms with van der Waals surface area (Å²) in [5.74, 6) is 1.36. The van der Waals surface area contributed by atoms with Crippen LogP contribution in [0.5, 0.6) is 0 Å². The van der Waals surface area contributed by atoms with Crippen LogP contribution in [0.15, 0.2) is 71.4 Å². The van der Waals surface area contributed by atoms with E-state index in [2.05, 4.69) is 64.5 Å². The van der Waals surface area contributed by atoms with E-state index in [0.717, 1.165) is 49.3 Å². The van der Waals surface area contributed by atoms with Gasteiger partial charge in [0.15, 0.2) is 0 Å². The van der Waals surface area contributed by atoms with Gasteiger partial charge in [-0.3, -0.25) is 4.79 Å². The van der Waals surface area contributed by atoms with E-state index < -0.39 is 0 Å². The van der Waals surface area contributed by atoms with Gasteiger partial charge in [0.25, 0.3) is 0 Å². The van der Waals surface area contributed by atoms with Crippen LogP contribution in [-0.2, 0) is 17.6 Å². The SMILES string of the molecule is O=C(Cc1ccsc1)N1CCC(n2c(Cc3ccccc3)nc3ccccc32)CC1. The van der Waals surface area contributed by atoms with Crippen molar-refractivity contribution in [3.05, 3.63) is 88.4 Å². The molecule has 4 aromatic rings. The maximum absolute atomic E-state index is 12.7. The fourth-order valence-electron chi connectivity index (χ4n) is 4.46. The number of imidazole rings is 1. The van der Waals surface area contributed by atoms with Crippen LogP contribution in [0.4, 0.5) is 0 Å². The van der Waals surface area contributed by atoms with Gasteiger partial charge >= 0.3 is 0 Å². The second-order valence-electron chi connectivity index (χ2n) is 7.97. The van der Waals surface area contributed by atoms with Crippen molar-refractivity contribution in [2.45, 2.75) is 31.7 Å². The fraction of sp³-hybridized carbons (Fsp3) is 0.280. The van der Waals surface area contributed by atoms with Crippen molar-refractivity contribution in [2.75, 3.05) is 13.1 Å². The van der Waals surface area contributed by atoms with Crippen molar-refractivity contribution in [3.63, 3.8) is 0 Å². The summed E-state index contributed by atoms with van der Waals surface area (Å²) in [4.78, 5) is 19.7. The van der Waals surface area contributed by atoms with Gasteiger partial charge in [-0.2, -0.15) is 11.3 Å². The van der Waals surface area contributed by atoms with E-state index in [1.807, 2.05) is 16.3 Å². The van der Waals surface area contributed by atoms with Crippen LogP contribution >= 0.6 is 11.3 Å². The third kappa shape index (κ3) is 3.90. The van der Waals surface area contributed by atoms with E-state index in [0.29, 0.717) is 12.5 Å². The molecule has 1 aliphatic rings. The Morgan fingerprint density at radius 3 is 2.50 bits per heavy atom. The quantitative estimate of drug-likeness (QED) is 0.455. The number of thiophene rings is 1. The molecule has 5 heteroatoms. The summed E-state index contributed by atoms with van der Waals surface area (Å²) in [5, 5.41) is 4.10. The lowest BCUT2D eigenvalue weighted by molar-refractivity contribution is -0.131. The average Bonchev–Trinajstić information content (AvgIpc) is 3.42. The molecule has 0 saturated carbocycles.